The van der Waals surface area contributed by atoms with Gasteiger partial charge in [-0.05, 0) is 37.6 Å². The molecule has 0 fully saturated rings. The van der Waals surface area contributed by atoms with E-state index in [9.17, 15) is 9.59 Å². The Bertz CT molecular complexity index is 710. The maximum Gasteiger partial charge on any atom is 0.350 e. The van der Waals surface area contributed by atoms with Crippen molar-refractivity contribution in [2.24, 2.45) is 0 Å². The van der Waals surface area contributed by atoms with E-state index < -0.39 is 5.97 Å². The molecule has 0 unspecified atom stereocenters. The minimum absolute atomic E-state index is 0.291. The number of nitrogens with one attached hydrogen (secondary N) is 1. The number of hydrogen-bond acceptors (Lipinski definition) is 6. The predicted molar refractivity (Wildman–Crippen MR) is 93.0 cm³/mol. The Morgan fingerprint density at radius 1 is 1.25 bits per heavy atom. The fraction of sp³-hybridized carbons (Fsp3) is 0.353. The van der Waals surface area contributed by atoms with Gasteiger partial charge in [0.05, 0.1) is 19.4 Å². The van der Waals surface area contributed by atoms with Gasteiger partial charge in [-0.15, -0.1) is 0 Å². The number of hydrogen-bond donors (Lipinski definition) is 1. The zero-order valence-electron chi connectivity index (χ0n) is 13.9. The van der Waals surface area contributed by atoms with Crippen LogP contribution in [0.5, 0.6) is 5.75 Å². The highest BCUT2D eigenvalue weighted by molar-refractivity contribution is 7.17. The van der Waals surface area contributed by atoms with Crippen molar-refractivity contribution >= 4 is 28.3 Å². The molecule has 0 aliphatic carbocycles. The van der Waals surface area contributed by atoms with Crippen LogP contribution in [-0.4, -0.2) is 30.6 Å². The van der Waals surface area contributed by atoms with Crippen LogP contribution in [0, 0.1) is 6.92 Å². The van der Waals surface area contributed by atoms with E-state index in [0.29, 0.717) is 27.9 Å². The molecule has 0 aliphatic rings. The van der Waals surface area contributed by atoms with Crippen LogP contribution >= 0.6 is 11.3 Å². The molecule has 0 radical (unpaired) electrons. The number of rotatable bonds is 7. The van der Waals surface area contributed by atoms with Crippen molar-refractivity contribution in [2.45, 2.75) is 26.7 Å². The summed E-state index contributed by atoms with van der Waals surface area (Å²) in [5, 5.41) is 3.05. The molecule has 128 valence electrons. The molecule has 7 heteroatoms. The van der Waals surface area contributed by atoms with Crippen LogP contribution in [0.25, 0.3) is 0 Å². The number of benzene rings is 1. The molecule has 24 heavy (non-hydrogen) atoms. The minimum Gasteiger partial charge on any atom is -0.494 e. The lowest BCUT2D eigenvalue weighted by atomic mass is 10.2. The normalized spacial score (nSPS) is 10.3. The summed E-state index contributed by atoms with van der Waals surface area (Å²) < 4.78 is 10.2. The fourth-order valence-electron chi connectivity index (χ4n) is 1.94. The largest absolute Gasteiger partial charge is 0.494 e. The van der Waals surface area contributed by atoms with Crippen LogP contribution in [0.4, 0.5) is 5.13 Å². The fourth-order valence-corrected chi connectivity index (χ4v) is 2.82. The number of thiazole rings is 1. The first-order valence-electron chi connectivity index (χ1n) is 7.65. The molecule has 0 saturated heterocycles. The standard InChI is InChI=1S/C17H20N2O4S/c1-4-5-10-23-13-8-6-12(7-9-13)15(20)19-17-18-11(2)14(24-17)16(21)22-3/h6-9H,4-5,10H2,1-3H3,(H,18,19,20). The Morgan fingerprint density at radius 3 is 2.58 bits per heavy atom. The zero-order chi connectivity index (χ0) is 17.5. The van der Waals surface area contributed by atoms with Crippen molar-refractivity contribution in [1.29, 1.82) is 0 Å². The van der Waals surface area contributed by atoms with Crippen molar-refractivity contribution < 1.29 is 19.1 Å². The molecule has 0 aliphatic heterocycles. The van der Waals surface area contributed by atoms with Gasteiger partial charge in [0.1, 0.15) is 10.6 Å². The SMILES string of the molecule is CCCCOc1ccc(C(=O)Nc2nc(C)c(C(=O)OC)s2)cc1. The van der Waals surface area contributed by atoms with Crippen LogP contribution < -0.4 is 10.1 Å². The molecule has 6 nitrogen and oxygen atoms in total. The van der Waals surface area contributed by atoms with E-state index in [1.54, 1.807) is 31.2 Å². The first-order chi connectivity index (χ1) is 11.5. The maximum absolute atomic E-state index is 12.2. The number of methoxy groups -OCH3 is 1. The van der Waals surface area contributed by atoms with Gasteiger partial charge in [0.25, 0.3) is 5.91 Å². The summed E-state index contributed by atoms with van der Waals surface area (Å²) in [4.78, 5) is 28.4. The van der Waals surface area contributed by atoms with E-state index in [1.165, 1.54) is 7.11 Å². The molecule has 1 aromatic carbocycles. The molecule has 0 bridgehead atoms. The predicted octanol–water partition coefficient (Wildman–Crippen LogP) is 3.67. The molecule has 0 spiro atoms. The molecule has 1 heterocycles. The van der Waals surface area contributed by atoms with E-state index in [-0.39, 0.29) is 5.91 Å². The summed E-state index contributed by atoms with van der Waals surface area (Å²) in [7, 11) is 1.31. The third-order valence-electron chi connectivity index (χ3n) is 3.27. The second-order valence-electron chi connectivity index (χ2n) is 5.11. The highest BCUT2D eigenvalue weighted by Crippen LogP contribution is 2.24. The summed E-state index contributed by atoms with van der Waals surface area (Å²) in [5.41, 5.74) is 1.02. The number of ether oxygens (including phenoxy) is 2. The molecular formula is C17H20N2O4S. The Kier molecular flexibility index (Phi) is 6.31. The van der Waals surface area contributed by atoms with Crippen LogP contribution in [0.1, 0.15) is 45.5 Å². The van der Waals surface area contributed by atoms with Gasteiger partial charge in [0.15, 0.2) is 5.13 Å². The molecule has 1 aromatic heterocycles. The summed E-state index contributed by atoms with van der Waals surface area (Å²) in [6.45, 7) is 4.46. The van der Waals surface area contributed by atoms with Crippen LogP contribution in [0.2, 0.25) is 0 Å². The third-order valence-corrected chi connectivity index (χ3v) is 4.32. The van der Waals surface area contributed by atoms with E-state index in [0.717, 1.165) is 29.9 Å². The number of aryl methyl sites for hydroxylation is 1. The Morgan fingerprint density at radius 2 is 1.96 bits per heavy atom. The number of nitrogens with zero attached hydrogens (tertiary/aromatic N) is 1. The van der Waals surface area contributed by atoms with Gasteiger partial charge in [0, 0.05) is 5.56 Å². The van der Waals surface area contributed by atoms with E-state index in [2.05, 4.69) is 22.0 Å². The van der Waals surface area contributed by atoms with Crippen LogP contribution in [-0.2, 0) is 4.74 Å². The van der Waals surface area contributed by atoms with Crippen molar-refractivity contribution in [2.75, 3.05) is 19.0 Å². The second-order valence-corrected chi connectivity index (χ2v) is 6.10. The number of esters is 1. The van der Waals surface area contributed by atoms with Crippen LogP contribution in [0.3, 0.4) is 0 Å². The van der Waals surface area contributed by atoms with Gasteiger partial charge in [-0.3, -0.25) is 10.1 Å². The van der Waals surface area contributed by atoms with Crippen molar-refractivity contribution in [1.82, 2.24) is 4.98 Å². The number of anilines is 1. The average molecular weight is 348 g/mol. The lowest BCUT2D eigenvalue weighted by Gasteiger charge is -2.06. The molecule has 1 amide bonds. The van der Waals surface area contributed by atoms with Crippen molar-refractivity contribution in [3.8, 4) is 5.75 Å². The number of carbonyl (C=O) groups excluding carboxylic acids is 2. The van der Waals surface area contributed by atoms with Gasteiger partial charge < -0.3 is 9.47 Å². The lowest BCUT2D eigenvalue weighted by Crippen LogP contribution is -2.11. The van der Waals surface area contributed by atoms with Gasteiger partial charge in [0.2, 0.25) is 0 Å². The van der Waals surface area contributed by atoms with E-state index >= 15 is 0 Å². The Balaban J connectivity index is 2.00. The molecule has 0 atom stereocenters. The first-order valence-corrected chi connectivity index (χ1v) is 8.46. The number of carbonyl (C=O) groups is 2. The molecule has 1 N–H and O–H groups in total. The number of aromatic nitrogens is 1. The first kappa shape index (κ1) is 17.9. The minimum atomic E-state index is -0.459. The quantitative estimate of drug-likeness (QED) is 0.610. The van der Waals surface area contributed by atoms with Crippen LogP contribution in [0.15, 0.2) is 24.3 Å². The van der Waals surface area contributed by atoms with Gasteiger partial charge in [-0.25, -0.2) is 9.78 Å². The summed E-state index contributed by atoms with van der Waals surface area (Å²) in [6, 6.07) is 6.91. The third kappa shape index (κ3) is 4.55. The molecular weight excluding hydrogens is 328 g/mol. The molecule has 2 rings (SSSR count). The molecule has 0 saturated carbocycles. The summed E-state index contributed by atoms with van der Waals surface area (Å²) in [5.74, 6) is -0.0163. The summed E-state index contributed by atoms with van der Waals surface area (Å²) >= 11 is 1.09. The number of amides is 1. The average Bonchev–Trinajstić information content (AvgIpc) is 2.95. The monoisotopic (exact) mass is 348 g/mol. The highest BCUT2D eigenvalue weighted by atomic mass is 32.1. The van der Waals surface area contributed by atoms with Gasteiger partial charge in [-0.1, -0.05) is 24.7 Å². The van der Waals surface area contributed by atoms with Gasteiger partial charge >= 0.3 is 5.97 Å². The topological polar surface area (TPSA) is 77.5 Å². The zero-order valence-corrected chi connectivity index (χ0v) is 14.7. The highest BCUT2D eigenvalue weighted by Gasteiger charge is 2.17. The molecule has 2 aromatic rings. The van der Waals surface area contributed by atoms with E-state index in [4.69, 9.17) is 4.74 Å². The smallest absolute Gasteiger partial charge is 0.350 e. The number of unbranched alkanes of at least 4 members (excludes halogenated alkanes) is 1. The summed E-state index contributed by atoms with van der Waals surface area (Å²) in [6.07, 6.45) is 2.06. The Labute approximate surface area is 144 Å². The maximum atomic E-state index is 12.2. The van der Waals surface area contributed by atoms with E-state index in [1.807, 2.05) is 0 Å². The Hall–Kier alpha value is -2.41. The lowest BCUT2D eigenvalue weighted by molar-refractivity contribution is 0.0605. The van der Waals surface area contributed by atoms with Crippen molar-refractivity contribution in [3.05, 3.63) is 40.4 Å². The van der Waals surface area contributed by atoms with Gasteiger partial charge in [-0.2, -0.15) is 0 Å². The second kappa shape index (κ2) is 8.44. The van der Waals surface area contributed by atoms with Crippen molar-refractivity contribution in [3.63, 3.8) is 0 Å².